The predicted molar refractivity (Wildman–Crippen MR) is 128 cm³/mol. The maximum atomic E-state index is 12.7. The van der Waals surface area contributed by atoms with Crippen LogP contribution < -0.4 is 9.46 Å². The lowest BCUT2D eigenvalue weighted by atomic mass is 9.87. The average Bonchev–Trinajstić information content (AvgIpc) is 2.78. The van der Waals surface area contributed by atoms with Crippen LogP contribution >= 0.6 is 0 Å². The summed E-state index contributed by atoms with van der Waals surface area (Å²) in [7, 11) is -7.63. The van der Waals surface area contributed by atoms with Gasteiger partial charge in [-0.1, -0.05) is 30.3 Å². The third kappa shape index (κ3) is 5.31. The van der Waals surface area contributed by atoms with Crippen LogP contribution in [0.2, 0.25) is 0 Å². The van der Waals surface area contributed by atoms with Gasteiger partial charge in [0.1, 0.15) is 11.4 Å². The van der Waals surface area contributed by atoms with Gasteiger partial charge in [-0.3, -0.25) is 4.79 Å². The van der Waals surface area contributed by atoms with Gasteiger partial charge < -0.3 is 4.74 Å². The molecule has 1 amide bonds. The van der Waals surface area contributed by atoms with Crippen molar-refractivity contribution in [3.63, 3.8) is 0 Å². The summed E-state index contributed by atoms with van der Waals surface area (Å²) >= 11 is 0. The van der Waals surface area contributed by atoms with Crippen molar-refractivity contribution in [1.82, 2.24) is 4.72 Å². The minimum atomic E-state index is -4.17. The van der Waals surface area contributed by atoms with Gasteiger partial charge in [-0.2, -0.15) is 0 Å². The van der Waals surface area contributed by atoms with Gasteiger partial charge in [-0.25, -0.2) is 21.6 Å². The van der Waals surface area contributed by atoms with Crippen LogP contribution in [-0.4, -0.2) is 34.6 Å². The van der Waals surface area contributed by atoms with Gasteiger partial charge in [0, 0.05) is 18.2 Å². The molecule has 0 radical (unpaired) electrons. The molecule has 34 heavy (non-hydrogen) atoms. The van der Waals surface area contributed by atoms with E-state index in [0.29, 0.717) is 12.2 Å². The average molecular weight is 500 g/mol. The zero-order chi connectivity index (χ0) is 24.6. The van der Waals surface area contributed by atoms with Gasteiger partial charge in [0.05, 0.1) is 9.79 Å². The lowest BCUT2D eigenvalue weighted by Gasteiger charge is -2.36. The molecule has 178 valence electrons. The molecule has 0 saturated carbocycles. The molecule has 0 aliphatic carbocycles. The molecule has 3 aromatic carbocycles. The van der Waals surface area contributed by atoms with Crippen LogP contribution in [0.25, 0.3) is 0 Å². The summed E-state index contributed by atoms with van der Waals surface area (Å²) in [6.45, 7) is 2.06. The number of carbonyl (C=O) groups is 1. The Kier molecular flexibility index (Phi) is 6.26. The molecule has 3 aromatic rings. The van der Waals surface area contributed by atoms with Gasteiger partial charge >= 0.3 is 0 Å². The molecule has 1 aliphatic rings. The number of rotatable bonds is 6. The van der Waals surface area contributed by atoms with Crippen molar-refractivity contribution in [1.29, 1.82) is 0 Å². The van der Waals surface area contributed by atoms with Crippen LogP contribution in [0.3, 0.4) is 0 Å². The number of hydrogen-bond acceptors (Lipinski definition) is 6. The molecule has 1 atom stereocenters. The van der Waals surface area contributed by atoms with Crippen LogP contribution in [0.1, 0.15) is 34.8 Å². The Balaban J connectivity index is 1.48. The molecule has 0 unspecified atom stereocenters. The highest BCUT2D eigenvalue weighted by Gasteiger charge is 2.32. The molecule has 0 fully saturated rings. The van der Waals surface area contributed by atoms with Gasteiger partial charge in [-0.05, 0) is 73.4 Å². The van der Waals surface area contributed by atoms with Gasteiger partial charge in [0.25, 0.3) is 15.9 Å². The van der Waals surface area contributed by atoms with Crippen LogP contribution in [0, 0.1) is 0 Å². The quantitative estimate of drug-likeness (QED) is 0.556. The van der Waals surface area contributed by atoms with E-state index in [1.54, 1.807) is 12.1 Å². The van der Waals surface area contributed by atoms with Crippen molar-refractivity contribution >= 4 is 25.8 Å². The number of amides is 1. The first-order valence-electron chi connectivity index (χ1n) is 10.7. The lowest BCUT2D eigenvalue weighted by molar-refractivity contribution is 0.0654. The maximum absolute atomic E-state index is 12.7. The molecule has 1 heterocycles. The Hall–Kier alpha value is -3.17. The normalized spacial score (nSPS) is 17.9. The second kappa shape index (κ2) is 8.88. The summed E-state index contributed by atoms with van der Waals surface area (Å²) in [5.74, 6) is -0.0898. The summed E-state index contributed by atoms with van der Waals surface area (Å²) in [5, 5.41) is 0. The van der Waals surface area contributed by atoms with Crippen molar-refractivity contribution in [3.8, 4) is 5.75 Å². The van der Waals surface area contributed by atoms with Crippen molar-refractivity contribution in [3.05, 3.63) is 89.5 Å². The number of ether oxygens (including phenoxy) is 1. The van der Waals surface area contributed by atoms with Crippen molar-refractivity contribution in [2.24, 2.45) is 0 Å². The first-order valence-corrected chi connectivity index (χ1v) is 14.1. The SMILES string of the molecule is C[C@@]1(Cc2ccccc2)CCc2cc(C(=O)NS(=O)(=O)c3ccc(S(C)(=O)=O)cc3)ccc2O1. The van der Waals surface area contributed by atoms with E-state index < -0.39 is 25.8 Å². The summed E-state index contributed by atoms with van der Waals surface area (Å²) in [5.41, 5.74) is 1.84. The van der Waals surface area contributed by atoms with Gasteiger partial charge in [0.2, 0.25) is 0 Å². The number of hydrogen-bond donors (Lipinski definition) is 1. The Morgan fingerprint density at radius 3 is 2.24 bits per heavy atom. The third-order valence-electron chi connectivity index (χ3n) is 5.81. The number of sulfone groups is 1. The lowest BCUT2D eigenvalue weighted by Crippen LogP contribution is -2.38. The predicted octanol–water partition coefficient (Wildman–Crippen LogP) is 3.54. The summed E-state index contributed by atoms with van der Waals surface area (Å²) < 4.78 is 56.7. The number of carbonyl (C=O) groups excluding carboxylic acids is 1. The minimum Gasteiger partial charge on any atom is -0.487 e. The second-order valence-electron chi connectivity index (χ2n) is 8.72. The molecule has 0 saturated heterocycles. The van der Waals surface area contributed by atoms with E-state index in [1.165, 1.54) is 23.8 Å². The number of fused-ring (bicyclic) bond motifs is 1. The Morgan fingerprint density at radius 1 is 0.941 bits per heavy atom. The third-order valence-corrected chi connectivity index (χ3v) is 8.29. The molecule has 1 N–H and O–H groups in total. The summed E-state index contributed by atoms with van der Waals surface area (Å²) in [6, 6.07) is 19.7. The fraction of sp³-hybridized carbons (Fsp3) is 0.240. The van der Waals surface area contributed by atoms with E-state index in [1.807, 2.05) is 22.9 Å². The summed E-state index contributed by atoms with van der Waals surface area (Å²) in [6.07, 6.45) is 3.23. The highest BCUT2D eigenvalue weighted by molar-refractivity contribution is 7.91. The number of benzene rings is 3. The Bertz CT molecular complexity index is 1430. The molecular weight excluding hydrogens is 474 g/mol. The second-order valence-corrected chi connectivity index (χ2v) is 12.4. The van der Waals surface area contributed by atoms with Gasteiger partial charge in [-0.15, -0.1) is 0 Å². The van der Waals surface area contributed by atoms with Crippen molar-refractivity contribution < 1.29 is 26.4 Å². The number of sulfonamides is 1. The highest BCUT2D eigenvalue weighted by Crippen LogP contribution is 2.35. The van der Waals surface area contributed by atoms with E-state index in [-0.39, 0.29) is 21.0 Å². The molecular formula is C25H25NO6S2. The molecule has 0 spiro atoms. The first-order chi connectivity index (χ1) is 16.0. The largest absolute Gasteiger partial charge is 0.487 e. The Labute approximate surface area is 199 Å². The zero-order valence-electron chi connectivity index (χ0n) is 18.8. The minimum absolute atomic E-state index is 0.00766. The molecule has 0 aromatic heterocycles. The smallest absolute Gasteiger partial charge is 0.265 e. The van der Waals surface area contributed by atoms with E-state index >= 15 is 0 Å². The van der Waals surface area contributed by atoms with Crippen LogP contribution in [-0.2, 0) is 32.7 Å². The molecule has 7 nitrogen and oxygen atoms in total. The van der Waals surface area contributed by atoms with E-state index in [4.69, 9.17) is 4.74 Å². The molecule has 9 heteroatoms. The first kappa shape index (κ1) is 24.0. The highest BCUT2D eigenvalue weighted by atomic mass is 32.2. The Morgan fingerprint density at radius 2 is 1.59 bits per heavy atom. The van der Waals surface area contributed by atoms with E-state index in [2.05, 4.69) is 19.1 Å². The van der Waals surface area contributed by atoms with Crippen LogP contribution in [0.4, 0.5) is 0 Å². The van der Waals surface area contributed by atoms with Crippen LogP contribution in [0.15, 0.2) is 82.6 Å². The number of nitrogens with one attached hydrogen (secondary N) is 1. The van der Waals surface area contributed by atoms with Crippen LogP contribution in [0.5, 0.6) is 5.75 Å². The monoisotopic (exact) mass is 499 g/mol. The summed E-state index contributed by atoms with van der Waals surface area (Å²) in [4.78, 5) is 12.5. The van der Waals surface area contributed by atoms with E-state index in [0.717, 1.165) is 36.8 Å². The number of aryl methyl sites for hydroxylation is 1. The maximum Gasteiger partial charge on any atom is 0.265 e. The molecule has 0 bridgehead atoms. The molecule has 1 aliphatic heterocycles. The van der Waals surface area contributed by atoms with Crippen molar-refractivity contribution in [2.45, 2.75) is 41.6 Å². The fourth-order valence-electron chi connectivity index (χ4n) is 3.99. The zero-order valence-corrected chi connectivity index (χ0v) is 20.4. The van der Waals surface area contributed by atoms with Gasteiger partial charge in [0.15, 0.2) is 9.84 Å². The molecule has 4 rings (SSSR count). The fourth-order valence-corrected chi connectivity index (χ4v) is 5.59. The standard InChI is InChI=1S/C25H25NO6S2/c1-25(17-18-6-4-3-5-7-18)15-14-19-16-20(8-13-23(19)32-25)24(27)26-34(30,31)22-11-9-21(10-12-22)33(2,28)29/h3-13,16H,14-15,17H2,1-2H3,(H,26,27)/t25-/m0/s1. The van der Waals surface area contributed by atoms with E-state index in [9.17, 15) is 21.6 Å². The topological polar surface area (TPSA) is 107 Å². The van der Waals surface area contributed by atoms with Crippen molar-refractivity contribution in [2.75, 3.05) is 6.26 Å².